The number of nitrogens with zero attached hydrogens (tertiary/aromatic N) is 2. The van der Waals surface area contributed by atoms with E-state index in [0.29, 0.717) is 5.69 Å². The van der Waals surface area contributed by atoms with Gasteiger partial charge in [0.2, 0.25) is 15.9 Å². The number of benzene rings is 1. The Kier molecular flexibility index (Phi) is 6.33. The van der Waals surface area contributed by atoms with Gasteiger partial charge >= 0.3 is 0 Å². The molecule has 25 heavy (non-hydrogen) atoms. The van der Waals surface area contributed by atoms with Crippen LogP contribution in [0.4, 0.5) is 10.1 Å². The number of anilines is 1. The van der Waals surface area contributed by atoms with Crippen molar-refractivity contribution in [2.45, 2.75) is 13.0 Å². The number of aromatic nitrogens is 1. The number of hydrogen-bond acceptors (Lipinski definition) is 4. The van der Waals surface area contributed by atoms with Gasteiger partial charge in [-0.3, -0.25) is 14.1 Å². The molecule has 0 unspecified atom stereocenters. The first-order valence-electron chi connectivity index (χ1n) is 7.37. The molecular formula is C16H17ClFN3O3S. The summed E-state index contributed by atoms with van der Waals surface area (Å²) in [5.74, 6) is -0.973. The summed E-state index contributed by atoms with van der Waals surface area (Å²) in [6, 6.07) is 8.93. The molecule has 0 radical (unpaired) electrons. The smallest absolute Gasteiger partial charge is 0.232 e. The maximum Gasteiger partial charge on any atom is 0.232 e. The highest BCUT2D eigenvalue weighted by Gasteiger charge is 2.19. The molecule has 1 amide bonds. The molecule has 134 valence electrons. The topological polar surface area (TPSA) is 79.4 Å². The van der Waals surface area contributed by atoms with E-state index in [9.17, 15) is 17.6 Å². The van der Waals surface area contributed by atoms with Crippen LogP contribution < -0.4 is 9.62 Å². The standard InChI is InChI=1S/C16H17ClFN3O3S/c1-25(23,24)21(13-5-6-15(18)14(17)10-13)9-7-16(22)20-11-12-4-2-3-8-19-12/h2-6,8,10H,7,9,11H2,1H3,(H,20,22). The van der Waals surface area contributed by atoms with Gasteiger partial charge in [-0.2, -0.15) is 0 Å². The van der Waals surface area contributed by atoms with E-state index in [-0.39, 0.29) is 36.1 Å². The summed E-state index contributed by atoms with van der Waals surface area (Å²) in [5.41, 5.74) is 0.896. The van der Waals surface area contributed by atoms with Gasteiger partial charge in [-0.1, -0.05) is 17.7 Å². The second-order valence-corrected chi connectivity index (χ2v) is 7.60. The molecule has 9 heteroatoms. The van der Waals surface area contributed by atoms with Crippen LogP contribution in [0.2, 0.25) is 5.02 Å². The maximum atomic E-state index is 13.3. The fraction of sp³-hybridized carbons (Fsp3) is 0.250. The third kappa shape index (κ3) is 5.68. The van der Waals surface area contributed by atoms with Crippen molar-refractivity contribution in [3.8, 4) is 0 Å². The minimum absolute atomic E-state index is 0.0606. The van der Waals surface area contributed by atoms with E-state index < -0.39 is 15.8 Å². The first kappa shape index (κ1) is 19.1. The lowest BCUT2D eigenvalue weighted by atomic mass is 10.3. The summed E-state index contributed by atoms with van der Waals surface area (Å²) < 4.78 is 38.2. The van der Waals surface area contributed by atoms with Crippen LogP contribution in [0.1, 0.15) is 12.1 Å². The predicted octanol–water partition coefficient (Wildman–Crippen LogP) is 2.35. The molecule has 0 aliphatic rings. The van der Waals surface area contributed by atoms with E-state index in [1.165, 1.54) is 12.1 Å². The van der Waals surface area contributed by atoms with E-state index >= 15 is 0 Å². The van der Waals surface area contributed by atoms with E-state index in [4.69, 9.17) is 11.6 Å². The Morgan fingerprint density at radius 3 is 2.68 bits per heavy atom. The summed E-state index contributed by atoms with van der Waals surface area (Å²) in [5, 5.41) is 2.48. The molecule has 0 aliphatic carbocycles. The lowest BCUT2D eigenvalue weighted by molar-refractivity contribution is -0.121. The zero-order valence-electron chi connectivity index (χ0n) is 13.4. The van der Waals surface area contributed by atoms with Crippen LogP contribution >= 0.6 is 11.6 Å². The molecule has 0 saturated carbocycles. The molecule has 0 bridgehead atoms. The van der Waals surface area contributed by atoms with Crippen LogP contribution in [0.5, 0.6) is 0 Å². The molecule has 2 rings (SSSR count). The van der Waals surface area contributed by atoms with Crippen molar-refractivity contribution in [2.24, 2.45) is 0 Å². The van der Waals surface area contributed by atoms with Crippen LogP contribution in [0.15, 0.2) is 42.6 Å². The van der Waals surface area contributed by atoms with Crippen molar-refractivity contribution in [3.05, 3.63) is 59.1 Å². The lowest BCUT2D eigenvalue weighted by Gasteiger charge is -2.22. The minimum atomic E-state index is -3.65. The molecule has 0 aliphatic heterocycles. The summed E-state index contributed by atoms with van der Waals surface area (Å²) in [7, 11) is -3.65. The Bertz CT molecular complexity index is 847. The predicted molar refractivity (Wildman–Crippen MR) is 94.3 cm³/mol. The molecule has 0 spiro atoms. The average Bonchev–Trinajstić information content (AvgIpc) is 2.56. The van der Waals surface area contributed by atoms with Crippen LogP contribution in [-0.4, -0.2) is 32.1 Å². The number of halogens is 2. The number of carbonyl (C=O) groups is 1. The summed E-state index contributed by atoms with van der Waals surface area (Å²) in [6.07, 6.45) is 2.57. The lowest BCUT2D eigenvalue weighted by Crippen LogP contribution is -2.34. The van der Waals surface area contributed by atoms with Crippen LogP contribution in [0, 0.1) is 5.82 Å². The van der Waals surface area contributed by atoms with Crippen molar-refractivity contribution >= 4 is 33.2 Å². The van der Waals surface area contributed by atoms with Crippen LogP contribution in [0.25, 0.3) is 0 Å². The highest BCUT2D eigenvalue weighted by Crippen LogP contribution is 2.24. The number of rotatable bonds is 7. The van der Waals surface area contributed by atoms with Gasteiger partial charge in [-0.25, -0.2) is 12.8 Å². The van der Waals surface area contributed by atoms with Gasteiger partial charge in [0.1, 0.15) is 5.82 Å². The number of sulfonamides is 1. The largest absolute Gasteiger partial charge is 0.350 e. The van der Waals surface area contributed by atoms with Gasteiger partial charge in [-0.05, 0) is 30.3 Å². The van der Waals surface area contributed by atoms with Crippen molar-refractivity contribution in [1.29, 1.82) is 0 Å². The summed E-state index contributed by atoms with van der Waals surface area (Å²) >= 11 is 5.71. The molecule has 0 saturated heterocycles. The van der Waals surface area contributed by atoms with Crippen molar-refractivity contribution in [2.75, 3.05) is 17.1 Å². The van der Waals surface area contributed by atoms with Gasteiger partial charge in [0.05, 0.1) is 29.2 Å². The zero-order valence-corrected chi connectivity index (χ0v) is 15.0. The normalized spacial score (nSPS) is 11.2. The third-order valence-corrected chi connectivity index (χ3v) is 4.81. The second-order valence-electron chi connectivity index (χ2n) is 5.28. The molecule has 1 aromatic heterocycles. The molecular weight excluding hydrogens is 369 g/mol. The second kappa shape index (κ2) is 8.26. The molecule has 1 N–H and O–H groups in total. The monoisotopic (exact) mass is 385 g/mol. The molecule has 1 aromatic carbocycles. The molecule has 1 heterocycles. The average molecular weight is 386 g/mol. The van der Waals surface area contributed by atoms with Crippen molar-refractivity contribution in [3.63, 3.8) is 0 Å². The Morgan fingerprint density at radius 2 is 2.08 bits per heavy atom. The van der Waals surface area contributed by atoms with Crippen LogP contribution in [0.3, 0.4) is 0 Å². The molecule has 2 aromatic rings. The number of pyridine rings is 1. The molecule has 0 fully saturated rings. The number of amides is 1. The van der Waals surface area contributed by atoms with Gasteiger partial charge in [-0.15, -0.1) is 0 Å². The third-order valence-electron chi connectivity index (χ3n) is 3.33. The quantitative estimate of drug-likeness (QED) is 0.793. The van der Waals surface area contributed by atoms with Gasteiger partial charge in [0, 0.05) is 19.2 Å². The summed E-state index contributed by atoms with van der Waals surface area (Å²) in [4.78, 5) is 16.0. The first-order valence-corrected chi connectivity index (χ1v) is 9.59. The van der Waals surface area contributed by atoms with Crippen molar-refractivity contribution < 1.29 is 17.6 Å². The van der Waals surface area contributed by atoms with Crippen molar-refractivity contribution in [1.82, 2.24) is 10.3 Å². The Labute approximate surface area is 150 Å². The SMILES string of the molecule is CS(=O)(=O)N(CCC(=O)NCc1ccccn1)c1ccc(F)c(Cl)c1. The Morgan fingerprint density at radius 1 is 1.32 bits per heavy atom. The summed E-state index contributed by atoms with van der Waals surface area (Å²) in [6.45, 7) is 0.162. The fourth-order valence-electron chi connectivity index (χ4n) is 2.11. The fourth-order valence-corrected chi connectivity index (χ4v) is 3.20. The van der Waals surface area contributed by atoms with Gasteiger partial charge in [0.15, 0.2) is 0 Å². The molecule has 0 atom stereocenters. The number of carbonyl (C=O) groups excluding carboxylic acids is 1. The first-order chi connectivity index (χ1) is 11.8. The highest BCUT2D eigenvalue weighted by atomic mass is 35.5. The van der Waals surface area contributed by atoms with Gasteiger partial charge in [0.25, 0.3) is 0 Å². The molecule has 6 nitrogen and oxygen atoms in total. The van der Waals surface area contributed by atoms with E-state index in [1.807, 2.05) is 0 Å². The zero-order chi connectivity index (χ0) is 18.4. The maximum absolute atomic E-state index is 13.3. The van der Waals surface area contributed by atoms with E-state index in [1.54, 1.807) is 24.4 Å². The van der Waals surface area contributed by atoms with E-state index in [2.05, 4.69) is 10.3 Å². The number of nitrogens with one attached hydrogen (secondary N) is 1. The Balaban J connectivity index is 2.00. The Hall–Kier alpha value is -2.19. The minimum Gasteiger partial charge on any atom is -0.350 e. The van der Waals surface area contributed by atoms with E-state index in [0.717, 1.165) is 16.6 Å². The highest BCUT2D eigenvalue weighted by molar-refractivity contribution is 7.92. The van der Waals surface area contributed by atoms with Crippen LogP contribution in [-0.2, 0) is 21.4 Å². The number of hydrogen-bond donors (Lipinski definition) is 1. The van der Waals surface area contributed by atoms with Gasteiger partial charge < -0.3 is 5.32 Å².